The first-order valence-corrected chi connectivity index (χ1v) is 12.3. The molecule has 2 rings (SSSR count). The lowest BCUT2D eigenvalue weighted by Gasteiger charge is -2.24. The molecule has 0 saturated carbocycles. The molecule has 0 unspecified atom stereocenters. The molecule has 6 heteroatoms. The van der Waals surface area contributed by atoms with E-state index in [4.69, 9.17) is 13.9 Å². The van der Waals surface area contributed by atoms with E-state index < -0.39 is 8.32 Å². The minimum Gasteiger partial charge on any atom is -0.532 e. The zero-order valence-corrected chi connectivity index (χ0v) is 17.1. The molecule has 0 N–H and O–H groups in total. The molecule has 1 aliphatic rings. The standard InChI is InChI=1S/C17H24INO3Si/c1-13(22-23(2,3)4)19-12-14-11-15(18)5-6-17(14)21-16-7-9-20-10-8-16/h5-6,11-12,16H,1,7-10H2,2-4H3. The maximum Gasteiger partial charge on any atom is 0.244 e. The Morgan fingerprint density at radius 1 is 1.35 bits per heavy atom. The van der Waals surface area contributed by atoms with E-state index in [1.807, 2.05) is 12.1 Å². The lowest BCUT2D eigenvalue weighted by atomic mass is 10.1. The smallest absolute Gasteiger partial charge is 0.244 e. The average molecular weight is 445 g/mol. The Balaban J connectivity index is 2.10. The number of benzene rings is 1. The topological polar surface area (TPSA) is 40.0 Å². The first kappa shape index (κ1) is 18.5. The zero-order chi connectivity index (χ0) is 16.9. The van der Waals surface area contributed by atoms with Crippen molar-refractivity contribution in [2.24, 2.45) is 4.99 Å². The first-order valence-electron chi connectivity index (χ1n) is 7.79. The van der Waals surface area contributed by atoms with Crippen LogP contribution in [-0.2, 0) is 9.16 Å². The highest BCUT2D eigenvalue weighted by Crippen LogP contribution is 2.24. The highest BCUT2D eigenvalue weighted by atomic mass is 127. The Labute approximate surface area is 153 Å². The summed E-state index contributed by atoms with van der Waals surface area (Å²) in [5.74, 6) is 1.31. The fraction of sp³-hybridized carbons (Fsp3) is 0.471. The number of ether oxygens (including phenoxy) is 2. The molecule has 1 aliphatic heterocycles. The van der Waals surface area contributed by atoms with Crippen molar-refractivity contribution in [2.45, 2.75) is 38.6 Å². The molecule has 23 heavy (non-hydrogen) atoms. The van der Waals surface area contributed by atoms with Crippen molar-refractivity contribution in [3.63, 3.8) is 0 Å². The van der Waals surface area contributed by atoms with Crippen LogP contribution in [0.4, 0.5) is 0 Å². The van der Waals surface area contributed by atoms with Gasteiger partial charge in [-0.2, -0.15) is 0 Å². The predicted molar refractivity (Wildman–Crippen MR) is 105 cm³/mol. The SMILES string of the molecule is C=C(N=Cc1cc(I)ccc1OC1CCOCC1)O[Si](C)(C)C. The molecule has 4 nitrogen and oxygen atoms in total. The van der Waals surface area contributed by atoms with Gasteiger partial charge in [-0.3, -0.25) is 0 Å². The Kier molecular flexibility index (Phi) is 6.67. The summed E-state index contributed by atoms with van der Waals surface area (Å²) in [5.41, 5.74) is 0.948. The van der Waals surface area contributed by atoms with Crippen LogP contribution in [0.15, 0.2) is 35.7 Å². The number of hydrogen-bond donors (Lipinski definition) is 0. The Bertz CT molecular complexity index is 578. The summed E-state index contributed by atoms with van der Waals surface area (Å²) >= 11 is 2.29. The van der Waals surface area contributed by atoms with Crippen molar-refractivity contribution in [3.05, 3.63) is 39.8 Å². The number of halogens is 1. The average Bonchev–Trinajstić information content (AvgIpc) is 2.47. The quantitative estimate of drug-likeness (QED) is 0.278. The minimum atomic E-state index is -1.68. The van der Waals surface area contributed by atoms with Crippen LogP contribution in [0.25, 0.3) is 0 Å². The molecule has 0 bridgehead atoms. The molecule has 0 radical (unpaired) electrons. The first-order chi connectivity index (χ1) is 10.8. The van der Waals surface area contributed by atoms with E-state index in [1.54, 1.807) is 6.21 Å². The Hall–Kier alpha value is -0.863. The van der Waals surface area contributed by atoms with Crippen molar-refractivity contribution < 1.29 is 13.9 Å². The van der Waals surface area contributed by atoms with Crippen LogP contribution in [0.2, 0.25) is 19.6 Å². The Morgan fingerprint density at radius 2 is 2.04 bits per heavy atom. The maximum absolute atomic E-state index is 6.14. The van der Waals surface area contributed by atoms with Crippen molar-refractivity contribution in [1.29, 1.82) is 0 Å². The van der Waals surface area contributed by atoms with E-state index in [-0.39, 0.29) is 6.10 Å². The van der Waals surface area contributed by atoms with Crippen LogP contribution in [0.1, 0.15) is 18.4 Å². The lowest BCUT2D eigenvalue weighted by molar-refractivity contribution is 0.0255. The summed E-state index contributed by atoms with van der Waals surface area (Å²) in [6.45, 7) is 11.7. The maximum atomic E-state index is 6.14. The monoisotopic (exact) mass is 445 g/mol. The Morgan fingerprint density at radius 3 is 2.70 bits per heavy atom. The van der Waals surface area contributed by atoms with Crippen molar-refractivity contribution in [2.75, 3.05) is 13.2 Å². The van der Waals surface area contributed by atoms with E-state index >= 15 is 0 Å². The third-order valence-corrected chi connectivity index (χ3v) is 4.72. The minimum absolute atomic E-state index is 0.206. The second kappa shape index (κ2) is 8.30. The van der Waals surface area contributed by atoms with Crippen LogP contribution >= 0.6 is 22.6 Å². The van der Waals surface area contributed by atoms with Crippen LogP contribution in [0, 0.1) is 3.57 Å². The van der Waals surface area contributed by atoms with Gasteiger partial charge in [0.25, 0.3) is 0 Å². The molecule has 0 aliphatic carbocycles. The summed E-state index contributed by atoms with van der Waals surface area (Å²) in [7, 11) is -1.68. The summed E-state index contributed by atoms with van der Waals surface area (Å²) in [6.07, 6.45) is 3.83. The summed E-state index contributed by atoms with van der Waals surface area (Å²) in [6, 6.07) is 6.10. The van der Waals surface area contributed by atoms with Gasteiger partial charge in [0.15, 0.2) is 5.88 Å². The van der Waals surface area contributed by atoms with Crippen LogP contribution < -0.4 is 4.74 Å². The fourth-order valence-corrected chi connectivity index (χ4v) is 3.50. The van der Waals surface area contributed by atoms with Crippen LogP contribution in [0.3, 0.4) is 0 Å². The number of rotatable bonds is 6. The van der Waals surface area contributed by atoms with Gasteiger partial charge in [0, 0.05) is 28.2 Å². The molecule has 0 aromatic heterocycles. The molecule has 0 amide bonds. The van der Waals surface area contributed by atoms with Gasteiger partial charge < -0.3 is 13.9 Å². The van der Waals surface area contributed by atoms with E-state index in [0.717, 1.165) is 40.9 Å². The molecule has 0 atom stereocenters. The lowest BCUT2D eigenvalue weighted by Crippen LogP contribution is -2.26. The number of nitrogens with zero attached hydrogens (tertiary/aromatic N) is 1. The van der Waals surface area contributed by atoms with Gasteiger partial charge in [-0.05, 0) is 67.0 Å². The summed E-state index contributed by atoms with van der Waals surface area (Å²) in [4.78, 5) is 4.36. The van der Waals surface area contributed by atoms with Crippen molar-refractivity contribution >= 4 is 37.1 Å². The molecular formula is C17H24INO3Si. The normalized spacial score (nSPS) is 16.5. The van der Waals surface area contributed by atoms with E-state index in [1.165, 1.54) is 0 Å². The zero-order valence-electron chi connectivity index (χ0n) is 14.0. The van der Waals surface area contributed by atoms with Gasteiger partial charge in [-0.1, -0.05) is 0 Å². The van der Waals surface area contributed by atoms with Gasteiger partial charge in [-0.25, -0.2) is 4.99 Å². The molecule has 1 fully saturated rings. The van der Waals surface area contributed by atoms with Crippen LogP contribution in [0.5, 0.6) is 5.75 Å². The van der Waals surface area contributed by atoms with Crippen LogP contribution in [-0.4, -0.2) is 33.8 Å². The number of aliphatic imine (C=N–C) groups is 1. The van der Waals surface area contributed by atoms with Crippen molar-refractivity contribution in [1.82, 2.24) is 0 Å². The third-order valence-electron chi connectivity index (χ3n) is 3.21. The van der Waals surface area contributed by atoms with E-state index in [0.29, 0.717) is 5.88 Å². The molecule has 1 saturated heterocycles. The van der Waals surface area contributed by atoms with Gasteiger partial charge >= 0.3 is 0 Å². The molecular weight excluding hydrogens is 421 g/mol. The molecule has 126 valence electrons. The van der Waals surface area contributed by atoms with E-state index in [9.17, 15) is 0 Å². The molecule has 1 heterocycles. The second-order valence-corrected chi connectivity index (χ2v) is 12.2. The predicted octanol–water partition coefficient (Wildman–Crippen LogP) is 4.59. The summed E-state index contributed by atoms with van der Waals surface area (Å²) < 4.78 is 18.4. The highest BCUT2D eigenvalue weighted by Gasteiger charge is 2.18. The van der Waals surface area contributed by atoms with Gasteiger partial charge in [0.1, 0.15) is 11.9 Å². The highest BCUT2D eigenvalue weighted by molar-refractivity contribution is 14.1. The molecule has 1 aromatic carbocycles. The van der Waals surface area contributed by atoms with Crippen molar-refractivity contribution in [3.8, 4) is 5.75 Å². The third kappa shape index (κ3) is 6.64. The fourth-order valence-electron chi connectivity index (χ4n) is 2.22. The van der Waals surface area contributed by atoms with E-state index in [2.05, 4.69) is 59.9 Å². The molecule has 1 aromatic rings. The number of hydrogen-bond acceptors (Lipinski definition) is 4. The molecule has 0 spiro atoms. The van der Waals surface area contributed by atoms with Gasteiger partial charge in [0.2, 0.25) is 8.32 Å². The van der Waals surface area contributed by atoms with Gasteiger partial charge in [-0.15, -0.1) is 0 Å². The second-order valence-electron chi connectivity index (χ2n) is 6.48. The largest absolute Gasteiger partial charge is 0.532 e. The van der Waals surface area contributed by atoms with Gasteiger partial charge in [0.05, 0.1) is 13.2 Å². The summed E-state index contributed by atoms with van der Waals surface area (Å²) in [5, 5.41) is 0.